The molecule has 56 heavy (non-hydrogen) atoms. The highest BCUT2D eigenvalue weighted by Crippen LogP contribution is 2.49. The third-order valence-electron chi connectivity index (χ3n) is 12.3. The number of aromatic nitrogens is 4. The molecule has 1 aliphatic carbocycles. The third kappa shape index (κ3) is 5.11. The van der Waals surface area contributed by atoms with Gasteiger partial charge in [0.25, 0.3) is 0 Å². The van der Waals surface area contributed by atoms with Crippen LogP contribution < -0.4 is 0 Å². The second-order valence-electron chi connectivity index (χ2n) is 16.8. The van der Waals surface area contributed by atoms with E-state index in [9.17, 15) is 0 Å². The predicted octanol–water partition coefficient (Wildman–Crippen LogP) is 13.4. The number of hydrogen-bond donors (Lipinski definition) is 0. The highest BCUT2D eigenvalue weighted by Gasteiger charge is 2.38. The van der Waals surface area contributed by atoms with Gasteiger partial charge in [-0.2, -0.15) is 0 Å². The highest BCUT2D eigenvalue weighted by atomic mass is 16.3. The Morgan fingerprint density at radius 2 is 1.02 bits per heavy atom. The summed E-state index contributed by atoms with van der Waals surface area (Å²) in [5.41, 5.74) is 11.1. The summed E-state index contributed by atoms with van der Waals surface area (Å²) in [6, 6.07) is 51.6. The normalized spacial score (nSPS) is 14.9. The van der Waals surface area contributed by atoms with Gasteiger partial charge in [0.2, 0.25) is 0 Å². The molecule has 0 saturated heterocycles. The summed E-state index contributed by atoms with van der Waals surface area (Å²) in [6.07, 6.45) is 2.33. The number of para-hydroxylation sites is 1. The summed E-state index contributed by atoms with van der Waals surface area (Å²) in [7, 11) is 0. The van der Waals surface area contributed by atoms with Crippen molar-refractivity contribution in [1.82, 2.24) is 19.5 Å². The lowest BCUT2D eigenvalue weighted by Gasteiger charge is -2.42. The second-order valence-corrected chi connectivity index (χ2v) is 16.8. The zero-order valence-electron chi connectivity index (χ0n) is 32.0. The summed E-state index contributed by atoms with van der Waals surface area (Å²) in [6.45, 7) is 9.63. The minimum Gasteiger partial charge on any atom is -0.456 e. The van der Waals surface area contributed by atoms with Crippen LogP contribution in [-0.4, -0.2) is 19.5 Å². The van der Waals surface area contributed by atoms with Crippen LogP contribution in [0.25, 0.3) is 94.4 Å². The molecule has 0 fully saturated rings. The first-order valence-corrected chi connectivity index (χ1v) is 19.6. The van der Waals surface area contributed by atoms with Gasteiger partial charge in [0.05, 0.1) is 11.0 Å². The van der Waals surface area contributed by atoms with Crippen LogP contribution in [0.15, 0.2) is 150 Å². The van der Waals surface area contributed by atoms with Crippen molar-refractivity contribution in [2.24, 2.45) is 0 Å². The fourth-order valence-electron chi connectivity index (χ4n) is 9.04. The van der Waals surface area contributed by atoms with Crippen LogP contribution in [0.5, 0.6) is 0 Å². The number of benzene rings is 7. The standard InChI is InChI=1S/C51H40N4O/c1-50(2)23-24-51(3,4)42-30-44-39(29-41(42)50)38-26-32-15-8-9-16-33(32)28-43(38)55(44)36-18-12-17-34(25-36)48-52-47(31-13-6-5-7-14-31)53-49(54-48)35-21-22-46-40(27-35)37-19-10-11-20-45(37)56-46/h5-22,25-30H,23-24H2,1-4H3. The Hall–Kier alpha value is -6.59. The van der Waals surface area contributed by atoms with Crippen molar-refractivity contribution >= 4 is 54.5 Å². The van der Waals surface area contributed by atoms with E-state index in [1.165, 1.54) is 50.1 Å². The molecule has 0 unspecified atom stereocenters. The molecule has 5 heteroatoms. The number of furan rings is 1. The van der Waals surface area contributed by atoms with E-state index in [1.807, 2.05) is 48.5 Å². The van der Waals surface area contributed by atoms with Gasteiger partial charge >= 0.3 is 0 Å². The number of nitrogens with zero attached hydrogens (tertiary/aromatic N) is 4. The van der Waals surface area contributed by atoms with Crippen molar-refractivity contribution in [2.75, 3.05) is 0 Å². The molecular formula is C51H40N4O. The zero-order chi connectivity index (χ0) is 37.8. The molecule has 5 nitrogen and oxygen atoms in total. The summed E-state index contributed by atoms with van der Waals surface area (Å²) in [5, 5.41) is 7.14. The Balaban J connectivity index is 1.14. The van der Waals surface area contributed by atoms with Crippen LogP contribution in [0.2, 0.25) is 0 Å². The van der Waals surface area contributed by atoms with Crippen molar-refractivity contribution in [1.29, 1.82) is 0 Å². The van der Waals surface area contributed by atoms with E-state index < -0.39 is 0 Å². The Bertz CT molecular complexity index is 3200. The number of hydrogen-bond acceptors (Lipinski definition) is 4. The molecule has 0 aliphatic heterocycles. The van der Waals surface area contributed by atoms with Crippen LogP contribution in [-0.2, 0) is 10.8 Å². The van der Waals surface area contributed by atoms with E-state index in [0.29, 0.717) is 17.5 Å². The van der Waals surface area contributed by atoms with Crippen LogP contribution in [0.3, 0.4) is 0 Å². The Kier molecular flexibility index (Phi) is 7.00. The van der Waals surface area contributed by atoms with Gasteiger partial charge in [0.1, 0.15) is 11.2 Å². The molecule has 10 aromatic rings. The molecule has 3 heterocycles. The van der Waals surface area contributed by atoms with Gasteiger partial charge < -0.3 is 8.98 Å². The first-order valence-electron chi connectivity index (χ1n) is 19.6. The molecule has 0 N–H and O–H groups in total. The zero-order valence-corrected chi connectivity index (χ0v) is 32.0. The molecule has 0 radical (unpaired) electrons. The predicted molar refractivity (Wildman–Crippen MR) is 231 cm³/mol. The maximum atomic E-state index is 6.16. The van der Waals surface area contributed by atoms with Gasteiger partial charge in [0, 0.05) is 43.9 Å². The van der Waals surface area contributed by atoms with Gasteiger partial charge in [0.15, 0.2) is 17.5 Å². The van der Waals surface area contributed by atoms with E-state index in [2.05, 4.69) is 129 Å². The van der Waals surface area contributed by atoms with E-state index in [1.54, 1.807) is 0 Å². The monoisotopic (exact) mass is 724 g/mol. The van der Waals surface area contributed by atoms with E-state index in [0.717, 1.165) is 50.7 Å². The summed E-state index contributed by atoms with van der Waals surface area (Å²) in [4.78, 5) is 15.4. The quantitative estimate of drug-likeness (QED) is 0.181. The maximum Gasteiger partial charge on any atom is 0.164 e. The molecule has 11 rings (SSSR count). The summed E-state index contributed by atoms with van der Waals surface area (Å²) < 4.78 is 8.61. The molecule has 0 atom stereocenters. The van der Waals surface area contributed by atoms with Crippen molar-refractivity contribution in [3.63, 3.8) is 0 Å². The molecule has 0 saturated carbocycles. The lowest BCUT2D eigenvalue weighted by molar-refractivity contribution is 0.332. The Labute approximate surface area is 325 Å². The Morgan fingerprint density at radius 3 is 1.79 bits per heavy atom. The van der Waals surface area contributed by atoms with Crippen molar-refractivity contribution in [3.8, 4) is 39.9 Å². The van der Waals surface area contributed by atoms with Crippen LogP contribution in [0.1, 0.15) is 51.7 Å². The first kappa shape index (κ1) is 32.8. The average Bonchev–Trinajstić information content (AvgIpc) is 3.76. The van der Waals surface area contributed by atoms with Gasteiger partial charge in [-0.1, -0.05) is 113 Å². The van der Waals surface area contributed by atoms with Crippen molar-refractivity contribution in [2.45, 2.75) is 51.4 Å². The molecule has 7 aromatic carbocycles. The smallest absolute Gasteiger partial charge is 0.164 e. The SMILES string of the molecule is CC1(C)CCC(C)(C)c2cc3c(cc21)c1cc2ccccc2cc1n3-c1cccc(-c2nc(-c3ccccc3)nc(-c3ccc4oc5ccccc5c4c3)n2)c1. The lowest BCUT2D eigenvalue weighted by Crippen LogP contribution is -2.33. The largest absolute Gasteiger partial charge is 0.456 e. The van der Waals surface area contributed by atoms with E-state index >= 15 is 0 Å². The molecule has 1 aliphatic rings. The lowest BCUT2D eigenvalue weighted by atomic mass is 9.63. The van der Waals surface area contributed by atoms with Crippen LogP contribution >= 0.6 is 0 Å². The van der Waals surface area contributed by atoms with E-state index in [-0.39, 0.29) is 10.8 Å². The fourth-order valence-corrected chi connectivity index (χ4v) is 9.04. The van der Waals surface area contributed by atoms with Crippen LogP contribution in [0, 0.1) is 0 Å². The Morgan fingerprint density at radius 1 is 0.446 bits per heavy atom. The van der Waals surface area contributed by atoms with Gasteiger partial charge in [-0.05, 0) is 106 Å². The van der Waals surface area contributed by atoms with Crippen molar-refractivity contribution in [3.05, 3.63) is 157 Å². The molecular weight excluding hydrogens is 685 g/mol. The van der Waals surface area contributed by atoms with Gasteiger partial charge in [-0.15, -0.1) is 0 Å². The van der Waals surface area contributed by atoms with Crippen LogP contribution in [0.4, 0.5) is 0 Å². The first-order chi connectivity index (χ1) is 27.2. The van der Waals surface area contributed by atoms with Gasteiger partial charge in [-0.3, -0.25) is 0 Å². The summed E-state index contributed by atoms with van der Waals surface area (Å²) >= 11 is 0. The number of fused-ring (bicyclic) bond motifs is 8. The topological polar surface area (TPSA) is 56.7 Å². The highest BCUT2D eigenvalue weighted by molar-refractivity contribution is 6.14. The fraction of sp³-hybridized carbons (Fsp3) is 0.157. The third-order valence-corrected chi connectivity index (χ3v) is 12.3. The molecule has 0 spiro atoms. The minimum absolute atomic E-state index is 0.0772. The van der Waals surface area contributed by atoms with Crippen molar-refractivity contribution < 1.29 is 4.42 Å². The number of rotatable bonds is 4. The maximum absolute atomic E-state index is 6.16. The molecule has 0 bridgehead atoms. The molecule has 3 aromatic heterocycles. The summed E-state index contributed by atoms with van der Waals surface area (Å²) in [5.74, 6) is 1.87. The molecule has 0 amide bonds. The van der Waals surface area contributed by atoms with E-state index in [4.69, 9.17) is 19.4 Å². The second kappa shape index (κ2) is 12.0. The minimum atomic E-state index is 0.0772. The molecule has 270 valence electrons. The van der Waals surface area contributed by atoms with Gasteiger partial charge in [-0.25, -0.2) is 15.0 Å². The average molecular weight is 725 g/mol.